The molecule has 0 atom stereocenters. The molecule has 0 spiro atoms. The molecule has 0 aliphatic heterocycles. The molecule has 0 aromatic heterocycles. The quantitative estimate of drug-likeness (QED) is 0.603. The summed E-state index contributed by atoms with van der Waals surface area (Å²) in [5.74, 6) is 0. The summed E-state index contributed by atoms with van der Waals surface area (Å²) in [4.78, 5) is 0. The summed E-state index contributed by atoms with van der Waals surface area (Å²) < 4.78 is 0. The van der Waals surface area contributed by atoms with Gasteiger partial charge in [0.2, 0.25) is 0 Å². The first-order valence-corrected chi connectivity index (χ1v) is 21.6. The molecule has 23 valence electrons. The van der Waals surface area contributed by atoms with Gasteiger partial charge in [0.15, 0.2) is 0 Å². The van der Waals surface area contributed by atoms with Crippen molar-refractivity contribution < 1.29 is 10.1 Å². The van der Waals surface area contributed by atoms with E-state index in [9.17, 15) is 0 Å². The van der Waals surface area contributed by atoms with E-state index in [0.29, 0.717) is 0 Å². The first-order chi connectivity index (χ1) is 1.73. The second kappa shape index (κ2) is 3.26. The summed E-state index contributed by atoms with van der Waals surface area (Å²) in [5.41, 5.74) is 0. The van der Waals surface area contributed by atoms with Crippen LogP contribution in [0.3, 0.4) is 0 Å². The topological polar surface area (TPSA) is 0 Å². The van der Waals surface area contributed by atoms with E-state index in [0.717, 1.165) is 0 Å². The van der Waals surface area contributed by atoms with Crippen molar-refractivity contribution in [2.45, 2.75) is 0 Å². The molecule has 0 nitrogen and oxygen atoms in total. The molecule has 0 rings (SSSR count). The average molecular weight is 305 g/mol. The third-order valence-electron chi connectivity index (χ3n) is 0. The Kier molecular flexibility index (Phi) is 4.94. The number of rotatable bonds is 0. The van der Waals surface area contributed by atoms with E-state index in [1.807, 2.05) is 0 Å². The molecule has 0 unspecified atom stereocenters. The van der Waals surface area contributed by atoms with Crippen molar-refractivity contribution in [2.24, 2.45) is 0 Å². The molecule has 0 saturated carbocycles. The third-order valence-corrected chi connectivity index (χ3v) is 0. The molecular formula is Br3Zn. The minimum absolute atomic E-state index is 1.19. The predicted octanol–water partition coefficient (Wildman–Crippen LogP) is 2.53. The molecule has 0 aromatic carbocycles. The van der Waals surface area contributed by atoms with Crippen LogP contribution >= 0.6 is 40.9 Å². The van der Waals surface area contributed by atoms with Crippen LogP contribution < -0.4 is 0 Å². The van der Waals surface area contributed by atoms with Gasteiger partial charge in [0, 0.05) is 0 Å². The zero-order chi connectivity index (χ0) is 3.58. The van der Waals surface area contributed by atoms with Crippen LogP contribution in [0.5, 0.6) is 0 Å². The van der Waals surface area contributed by atoms with Crippen molar-refractivity contribution in [3.63, 3.8) is 0 Å². The summed E-state index contributed by atoms with van der Waals surface area (Å²) in [5, 5.41) is 0. The van der Waals surface area contributed by atoms with Crippen LogP contribution in [0, 0.1) is 0 Å². The van der Waals surface area contributed by atoms with Crippen molar-refractivity contribution in [3.05, 3.63) is 0 Å². The van der Waals surface area contributed by atoms with Crippen LogP contribution in [0.2, 0.25) is 0 Å². The van der Waals surface area contributed by atoms with Crippen LogP contribution in [0.25, 0.3) is 0 Å². The van der Waals surface area contributed by atoms with E-state index in [-0.39, 0.29) is 0 Å². The molecule has 0 amide bonds. The molecular weight excluding hydrogens is 305 g/mol. The van der Waals surface area contributed by atoms with Gasteiger partial charge in [0.1, 0.15) is 0 Å². The number of hydrogen-bond donors (Lipinski definition) is 0. The van der Waals surface area contributed by atoms with Crippen molar-refractivity contribution in [2.75, 3.05) is 0 Å². The summed E-state index contributed by atoms with van der Waals surface area (Å²) in [6.07, 6.45) is 0. The minimum atomic E-state index is -1.19. The Morgan fingerprint density at radius 2 is 1.00 bits per heavy atom. The van der Waals surface area contributed by atoms with Gasteiger partial charge in [-0.15, -0.1) is 0 Å². The molecule has 0 saturated heterocycles. The van der Waals surface area contributed by atoms with Gasteiger partial charge in [-0.05, 0) is 0 Å². The molecule has 0 aliphatic carbocycles. The van der Waals surface area contributed by atoms with Gasteiger partial charge in [-0.3, -0.25) is 0 Å². The molecule has 0 radical (unpaired) electrons. The van der Waals surface area contributed by atoms with Crippen molar-refractivity contribution in [1.82, 2.24) is 0 Å². The van der Waals surface area contributed by atoms with Crippen LogP contribution in [0.15, 0.2) is 0 Å². The van der Waals surface area contributed by atoms with Crippen LogP contribution in [-0.2, 0) is 10.1 Å². The van der Waals surface area contributed by atoms with Crippen LogP contribution in [0.1, 0.15) is 0 Å². The van der Waals surface area contributed by atoms with Crippen molar-refractivity contribution in [3.8, 4) is 0 Å². The molecule has 0 fully saturated rings. The third kappa shape index (κ3) is 8.96. The Morgan fingerprint density at radius 1 is 1.00 bits per heavy atom. The fraction of sp³-hybridized carbons (Fsp3) is 0. The zero-order valence-corrected chi connectivity index (χ0v) is 9.57. The van der Waals surface area contributed by atoms with Gasteiger partial charge in [-0.25, -0.2) is 0 Å². The second-order valence-electron chi connectivity index (χ2n) is 0.303. The SMILES string of the molecule is [Br][Zn]([Br])[Br]. The normalized spacial score (nSPS) is 6.75. The van der Waals surface area contributed by atoms with Gasteiger partial charge in [0.05, 0.1) is 0 Å². The molecule has 4 heavy (non-hydrogen) atoms. The molecule has 0 aliphatic rings. The van der Waals surface area contributed by atoms with Gasteiger partial charge >= 0.3 is 50.9 Å². The molecule has 4 heteroatoms. The Balaban J connectivity index is 2.32. The van der Waals surface area contributed by atoms with Gasteiger partial charge in [-0.1, -0.05) is 0 Å². The van der Waals surface area contributed by atoms with Crippen molar-refractivity contribution in [1.29, 1.82) is 0 Å². The van der Waals surface area contributed by atoms with E-state index in [1.54, 1.807) is 0 Å². The van der Waals surface area contributed by atoms with E-state index >= 15 is 0 Å². The van der Waals surface area contributed by atoms with Crippen molar-refractivity contribution >= 4 is 40.9 Å². The Bertz CT molecular complexity index is 8.00. The summed E-state index contributed by atoms with van der Waals surface area (Å²) in [6, 6.07) is 0. The fourth-order valence-electron chi connectivity index (χ4n) is 0. The predicted molar refractivity (Wildman–Crippen MR) is 26.8 cm³/mol. The molecule has 0 bridgehead atoms. The van der Waals surface area contributed by atoms with E-state index in [4.69, 9.17) is 0 Å². The molecule has 0 aromatic rings. The Hall–Kier alpha value is 2.06. The van der Waals surface area contributed by atoms with Gasteiger partial charge in [0.25, 0.3) is 0 Å². The maximum atomic E-state index is 3.31. The Labute approximate surface area is 50.3 Å². The monoisotopic (exact) mass is 301 g/mol. The zero-order valence-electron chi connectivity index (χ0n) is 1.84. The Morgan fingerprint density at radius 3 is 1.00 bits per heavy atom. The standard InChI is InChI=1S/3BrH.Zn/h3*1H;/q;;;+3/p-3. The molecule has 0 N–H and O–H groups in total. The molecule has 0 heterocycles. The van der Waals surface area contributed by atoms with Gasteiger partial charge < -0.3 is 0 Å². The average Bonchev–Trinajstić information content (AvgIpc) is 0.811. The van der Waals surface area contributed by atoms with E-state index in [1.165, 1.54) is 0 Å². The van der Waals surface area contributed by atoms with Crippen LogP contribution in [-0.4, -0.2) is 0 Å². The first-order valence-electron chi connectivity index (χ1n) is 0.802. The van der Waals surface area contributed by atoms with Crippen LogP contribution in [0.4, 0.5) is 0 Å². The van der Waals surface area contributed by atoms with E-state index < -0.39 is 10.1 Å². The maximum absolute atomic E-state index is 3.31. The summed E-state index contributed by atoms with van der Waals surface area (Å²) >= 11 is 9.94. The summed E-state index contributed by atoms with van der Waals surface area (Å²) in [7, 11) is -1.19. The van der Waals surface area contributed by atoms with Gasteiger partial charge in [-0.2, -0.15) is 0 Å². The summed E-state index contributed by atoms with van der Waals surface area (Å²) in [6.45, 7) is 0. The number of hydrogen-bond acceptors (Lipinski definition) is 0. The fourth-order valence-corrected chi connectivity index (χ4v) is 0. The second-order valence-corrected chi connectivity index (χ2v) is 42.5. The number of halogens is 3. The first kappa shape index (κ1) is 6.06. The van der Waals surface area contributed by atoms with E-state index in [2.05, 4.69) is 40.9 Å².